The number of hydrogen-bond acceptors (Lipinski definition) is 8. The summed E-state index contributed by atoms with van der Waals surface area (Å²) in [4.78, 5) is 17.5. The molecule has 1 amide bonds. The van der Waals surface area contributed by atoms with Crippen molar-refractivity contribution in [2.24, 2.45) is 0 Å². The lowest BCUT2D eigenvalue weighted by atomic mass is 10.2. The summed E-state index contributed by atoms with van der Waals surface area (Å²) >= 11 is 1.56. The van der Waals surface area contributed by atoms with Gasteiger partial charge < -0.3 is 24.3 Å². The van der Waals surface area contributed by atoms with Crippen LogP contribution in [0.25, 0.3) is 0 Å². The minimum Gasteiger partial charge on any atom is -0.497 e. The molecule has 2 aliphatic rings. The molecule has 0 aromatic heterocycles. The van der Waals surface area contributed by atoms with Crippen LogP contribution in [0.1, 0.15) is 31.2 Å². The summed E-state index contributed by atoms with van der Waals surface area (Å²) in [6.45, 7) is 6.61. The van der Waals surface area contributed by atoms with E-state index in [2.05, 4.69) is 24.4 Å². The maximum atomic E-state index is 10.3. The normalized spacial score (nSPS) is 17.2. The highest BCUT2D eigenvalue weighted by atomic mass is 32.2. The maximum absolute atomic E-state index is 10.3. The molecule has 0 unspecified atom stereocenters. The lowest BCUT2D eigenvalue weighted by molar-refractivity contribution is -0.153. The van der Waals surface area contributed by atoms with E-state index in [4.69, 9.17) is 23.8 Å². The summed E-state index contributed by atoms with van der Waals surface area (Å²) in [5.41, 5.74) is 1.32. The molecule has 2 heterocycles. The zero-order valence-electron chi connectivity index (χ0n) is 22.3. The standard InChI is InChI=1S/C16H24N2O4S.C7H8.C5H10O2/c1-20-14-3-5-16(6-4-14)23-18(10-2-9-17-13-19)22-15-7-11-21-12-8-15;1-7-5-3-2-4-6-7;1-6-5-2-3-7-4-5/h3-6,13,15H,2,7-12H2,1H3,(H,17,19);2-6H,1H3;5H,2-4H2,1H3/t;;5-/m..0/s1. The lowest BCUT2D eigenvalue weighted by Gasteiger charge is -2.28. The number of carbonyl (C=O) groups excluding carboxylic acids is 1. The van der Waals surface area contributed by atoms with Crippen LogP contribution in [-0.2, 0) is 23.8 Å². The number of nitrogens with one attached hydrogen (secondary N) is 1. The van der Waals surface area contributed by atoms with Crippen molar-refractivity contribution in [1.29, 1.82) is 0 Å². The number of rotatable bonds is 11. The molecule has 2 aliphatic heterocycles. The fourth-order valence-electron chi connectivity index (χ4n) is 3.42. The van der Waals surface area contributed by atoms with Gasteiger partial charge in [0, 0.05) is 44.9 Å². The third kappa shape index (κ3) is 14.4. The molecule has 0 bridgehead atoms. The van der Waals surface area contributed by atoms with Gasteiger partial charge >= 0.3 is 0 Å². The Balaban J connectivity index is 0.000000276. The molecule has 9 heteroatoms. The van der Waals surface area contributed by atoms with E-state index < -0.39 is 0 Å². The first-order valence-electron chi connectivity index (χ1n) is 12.8. The Kier molecular flexibility index (Phi) is 16.7. The highest BCUT2D eigenvalue weighted by molar-refractivity contribution is 7.96. The van der Waals surface area contributed by atoms with Crippen molar-refractivity contribution in [3.8, 4) is 5.75 Å². The van der Waals surface area contributed by atoms with Gasteiger partial charge in [-0.25, -0.2) is 0 Å². The molecule has 2 saturated heterocycles. The van der Waals surface area contributed by atoms with Crippen LogP contribution in [0.5, 0.6) is 5.75 Å². The van der Waals surface area contributed by atoms with Gasteiger partial charge in [-0.2, -0.15) is 0 Å². The number of nitrogens with zero attached hydrogens (tertiary/aromatic N) is 1. The van der Waals surface area contributed by atoms with Gasteiger partial charge in [0.05, 0.1) is 25.9 Å². The Morgan fingerprint density at radius 2 is 1.65 bits per heavy atom. The Bertz CT molecular complexity index is 815. The summed E-state index contributed by atoms with van der Waals surface area (Å²) in [5, 5.41) is 2.68. The number of hydrogen-bond donors (Lipinski definition) is 1. The van der Waals surface area contributed by atoms with E-state index in [1.54, 1.807) is 26.2 Å². The van der Waals surface area contributed by atoms with Gasteiger partial charge in [0.1, 0.15) is 5.75 Å². The molecular formula is C28H42N2O6S. The largest absolute Gasteiger partial charge is 0.497 e. The Morgan fingerprint density at radius 1 is 0.973 bits per heavy atom. The molecule has 37 heavy (non-hydrogen) atoms. The zero-order valence-corrected chi connectivity index (χ0v) is 23.1. The molecular weight excluding hydrogens is 492 g/mol. The van der Waals surface area contributed by atoms with Gasteiger partial charge in [0.2, 0.25) is 6.41 Å². The average molecular weight is 535 g/mol. The van der Waals surface area contributed by atoms with E-state index in [0.717, 1.165) is 75.7 Å². The molecule has 0 spiro atoms. The second kappa shape index (κ2) is 19.9. The monoisotopic (exact) mass is 534 g/mol. The summed E-state index contributed by atoms with van der Waals surface area (Å²) in [6, 6.07) is 18.1. The lowest BCUT2D eigenvalue weighted by Crippen LogP contribution is -2.31. The van der Waals surface area contributed by atoms with E-state index in [-0.39, 0.29) is 6.10 Å². The second-order valence-electron chi connectivity index (χ2n) is 8.54. The minimum atomic E-state index is 0.188. The van der Waals surface area contributed by atoms with Crippen molar-refractivity contribution in [2.75, 3.05) is 53.7 Å². The molecule has 2 aromatic rings. The fraction of sp³-hybridized carbons (Fsp3) is 0.536. The predicted octanol–water partition coefficient (Wildman–Crippen LogP) is 4.67. The number of methoxy groups -OCH3 is 2. The zero-order chi connectivity index (χ0) is 26.6. The Hall–Kier alpha value is -2.14. The van der Waals surface area contributed by atoms with Crippen LogP contribution in [0.3, 0.4) is 0 Å². The van der Waals surface area contributed by atoms with Crippen LogP contribution >= 0.6 is 11.9 Å². The molecule has 1 atom stereocenters. The van der Waals surface area contributed by atoms with Gasteiger partial charge in [-0.3, -0.25) is 9.63 Å². The van der Waals surface area contributed by atoms with Crippen LogP contribution in [0, 0.1) is 6.92 Å². The van der Waals surface area contributed by atoms with Crippen LogP contribution < -0.4 is 10.1 Å². The Labute approximate surface area is 226 Å². The predicted molar refractivity (Wildman–Crippen MR) is 147 cm³/mol. The molecule has 0 radical (unpaired) electrons. The van der Waals surface area contributed by atoms with Crippen molar-refractivity contribution < 1.29 is 28.6 Å². The molecule has 206 valence electrons. The van der Waals surface area contributed by atoms with Gasteiger partial charge in [0.15, 0.2) is 0 Å². The number of hydroxylamine groups is 1. The number of aryl methyl sites for hydroxylation is 1. The summed E-state index contributed by atoms with van der Waals surface area (Å²) in [7, 11) is 3.38. The average Bonchev–Trinajstić information content (AvgIpc) is 3.48. The summed E-state index contributed by atoms with van der Waals surface area (Å²) < 4.78 is 22.5. The van der Waals surface area contributed by atoms with Crippen LogP contribution in [-0.4, -0.2) is 76.8 Å². The van der Waals surface area contributed by atoms with E-state index in [1.807, 2.05) is 46.9 Å². The summed E-state index contributed by atoms with van der Waals surface area (Å²) in [5.74, 6) is 0.835. The summed E-state index contributed by atoms with van der Waals surface area (Å²) in [6.07, 6.45) is 4.99. The van der Waals surface area contributed by atoms with Crippen molar-refractivity contribution in [3.63, 3.8) is 0 Å². The van der Waals surface area contributed by atoms with E-state index in [9.17, 15) is 4.79 Å². The molecule has 2 fully saturated rings. The number of carbonyl (C=O) groups is 1. The van der Waals surface area contributed by atoms with Gasteiger partial charge in [-0.05, 0) is 68.8 Å². The van der Waals surface area contributed by atoms with Crippen LogP contribution in [0.15, 0.2) is 59.5 Å². The SMILES string of the molecule is CO[C@H]1CCOC1.COc1ccc(SN(CCCNC=O)OC2CCOCC2)cc1.Cc1ccccc1. The van der Waals surface area contributed by atoms with Gasteiger partial charge in [-0.1, -0.05) is 35.9 Å². The molecule has 4 rings (SSSR count). The van der Waals surface area contributed by atoms with Gasteiger partial charge in [0.25, 0.3) is 0 Å². The molecule has 1 N–H and O–H groups in total. The first-order chi connectivity index (χ1) is 18.1. The van der Waals surface area contributed by atoms with Crippen LogP contribution in [0.2, 0.25) is 0 Å². The smallest absolute Gasteiger partial charge is 0.207 e. The van der Waals surface area contributed by atoms with Crippen molar-refractivity contribution in [1.82, 2.24) is 9.79 Å². The van der Waals surface area contributed by atoms with E-state index in [0.29, 0.717) is 12.6 Å². The highest BCUT2D eigenvalue weighted by Gasteiger charge is 2.19. The van der Waals surface area contributed by atoms with Crippen molar-refractivity contribution in [3.05, 3.63) is 60.2 Å². The second-order valence-corrected chi connectivity index (χ2v) is 9.60. The molecule has 0 aliphatic carbocycles. The third-order valence-electron chi connectivity index (χ3n) is 5.61. The molecule has 2 aromatic carbocycles. The van der Waals surface area contributed by atoms with Crippen LogP contribution in [0.4, 0.5) is 0 Å². The minimum absolute atomic E-state index is 0.188. The highest BCUT2D eigenvalue weighted by Crippen LogP contribution is 2.27. The van der Waals surface area contributed by atoms with Gasteiger partial charge in [-0.15, -0.1) is 4.47 Å². The Morgan fingerprint density at radius 3 is 2.16 bits per heavy atom. The molecule has 8 nitrogen and oxygen atoms in total. The van der Waals surface area contributed by atoms with Crippen molar-refractivity contribution in [2.45, 2.75) is 49.7 Å². The number of benzene rings is 2. The van der Waals surface area contributed by atoms with Crippen molar-refractivity contribution >= 4 is 18.4 Å². The number of ether oxygens (including phenoxy) is 4. The fourth-order valence-corrected chi connectivity index (χ4v) is 4.30. The quantitative estimate of drug-likeness (QED) is 0.193. The van der Waals surface area contributed by atoms with E-state index >= 15 is 0 Å². The molecule has 0 saturated carbocycles. The third-order valence-corrected chi connectivity index (χ3v) is 6.56. The maximum Gasteiger partial charge on any atom is 0.207 e. The first-order valence-corrected chi connectivity index (χ1v) is 13.5. The van der Waals surface area contributed by atoms with E-state index in [1.165, 1.54) is 5.56 Å². The first kappa shape index (κ1) is 31.1. The number of amides is 1. The topological polar surface area (TPSA) is 78.5 Å².